The molecule has 0 saturated heterocycles. The van der Waals surface area contributed by atoms with E-state index in [4.69, 9.17) is 4.98 Å². The Balaban J connectivity index is 1.34. The molecule has 0 bridgehead atoms. The smallest absolute Gasteiger partial charge is 0.159 e. The average Bonchev–Trinajstić information content (AvgIpc) is 3.23. The quantitative estimate of drug-likeness (QED) is 0.590. The summed E-state index contributed by atoms with van der Waals surface area (Å²) in [5.41, 5.74) is 6.94. The van der Waals surface area contributed by atoms with Crippen LogP contribution in [-0.4, -0.2) is 31.6 Å². The highest BCUT2D eigenvalue weighted by atomic mass is 15.2. The highest BCUT2D eigenvalue weighted by Gasteiger charge is 2.20. The number of hydrogen-bond acceptors (Lipinski definition) is 4. The third-order valence-corrected chi connectivity index (χ3v) is 5.22. The molecule has 1 aliphatic rings. The van der Waals surface area contributed by atoms with Crippen molar-refractivity contribution in [3.8, 4) is 22.6 Å². The molecule has 0 spiro atoms. The number of fused-ring (bicyclic) bond motifs is 1. The van der Waals surface area contributed by atoms with Gasteiger partial charge in [0.1, 0.15) is 0 Å². The normalized spacial score (nSPS) is 14.0. The van der Waals surface area contributed by atoms with Crippen LogP contribution in [0, 0.1) is 0 Å². The van der Waals surface area contributed by atoms with Crippen molar-refractivity contribution in [3.63, 3.8) is 0 Å². The zero-order valence-electron chi connectivity index (χ0n) is 15.5. The summed E-state index contributed by atoms with van der Waals surface area (Å²) in [5.74, 6) is 0.814. The van der Waals surface area contributed by atoms with Gasteiger partial charge in [0, 0.05) is 48.9 Å². The fraction of sp³-hybridized carbons (Fsp3) is 0.174. The Kier molecular flexibility index (Phi) is 4.43. The van der Waals surface area contributed by atoms with Gasteiger partial charge in [0.25, 0.3) is 0 Å². The zero-order valence-corrected chi connectivity index (χ0v) is 15.5. The summed E-state index contributed by atoms with van der Waals surface area (Å²) in [5, 5.41) is 7.43. The van der Waals surface area contributed by atoms with Crippen LogP contribution >= 0.6 is 0 Å². The monoisotopic (exact) mass is 367 g/mol. The van der Waals surface area contributed by atoms with E-state index in [1.165, 1.54) is 22.4 Å². The second-order valence-corrected chi connectivity index (χ2v) is 7.13. The summed E-state index contributed by atoms with van der Waals surface area (Å²) in [6, 6.07) is 20.5. The molecule has 0 aliphatic carbocycles. The van der Waals surface area contributed by atoms with Gasteiger partial charge >= 0.3 is 0 Å². The van der Waals surface area contributed by atoms with Gasteiger partial charge in [0.2, 0.25) is 0 Å². The second kappa shape index (κ2) is 7.37. The summed E-state index contributed by atoms with van der Waals surface area (Å²) in [7, 11) is 0. The predicted octanol–water partition coefficient (Wildman–Crippen LogP) is 4.09. The first-order valence-corrected chi connectivity index (χ1v) is 9.57. The van der Waals surface area contributed by atoms with Crippen LogP contribution in [0.2, 0.25) is 0 Å². The van der Waals surface area contributed by atoms with E-state index in [1.54, 1.807) is 0 Å². The number of rotatable bonds is 4. The van der Waals surface area contributed by atoms with Crippen LogP contribution in [0.3, 0.4) is 0 Å². The molecule has 0 amide bonds. The van der Waals surface area contributed by atoms with E-state index in [0.717, 1.165) is 43.1 Å². The van der Waals surface area contributed by atoms with Crippen molar-refractivity contribution >= 4 is 0 Å². The number of hydrogen-bond donors (Lipinski definition) is 1. The van der Waals surface area contributed by atoms with Gasteiger partial charge in [0.05, 0.1) is 17.6 Å². The maximum absolute atomic E-state index is 4.82. The predicted molar refractivity (Wildman–Crippen MR) is 109 cm³/mol. The van der Waals surface area contributed by atoms with Gasteiger partial charge in [-0.25, -0.2) is 9.97 Å². The average molecular weight is 367 g/mol. The molecular weight excluding hydrogens is 346 g/mol. The van der Waals surface area contributed by atoms with E-state index in [2.05, 4.69) is 56.5 Å². The number of benzene rings is 2. The number of nitrogens with zero attached hydrogens (tertiary/aromatic N) is 4. The van der Waals surface area contributed by atoms with Crippen LogP contribution in [0.15, 0.2) is 73.1 Å². The lowest BCUT2D eigenvalue weighted by Crippen LogP contribution is -2.31. The Labute approximate surface area is 164 Å². The molecule has 4 aromatic rings. The number of nitrogens with one attached hydrogen (secondary N) is 1. The molecule has 5 heteroatoms. The molecule has 0 radical (unpaired) electrons. The molecule has 5 rings (SSSR count). The van der Waals surface area contributed by atoms with Crippen LogP contribution in [0.1, 0.15) is 16.8 Å². The molecule has 0 atom stereocenters. The number of aromatic amines is 1. The van der Waals surface area contributed by atoms with Crippen molar-refractivity contribution < 1.29 is 0 Å². The minimum Gasteiger partial charge on any atom is -0.294 e. The maximum Gasteiger partial charge on any atom is 0.159 e. The van der Waals surface area contributed by atoms with Crippen LogP contribution in [0.25, 0.3) is 22.6 Å². The van der Waals surface area contributed by atoms with Crippen LogP contribution in [0.5, 0.6) is 0 Å². The summed E-state index contributed by atoms with van der Waals surface area (Å²) in [4.78, 5) is 11.9. The molecule has 138 valence electrons. The first kappa shape index (κ1) is 16.8. The highest BCUT2D eigenvalue weighted by Crippen LogP contribution is 2.25. The third-order valence-electron chi connectivity index (χ3n) is 5.22. The summed E-state index contributed by atoms with van der Waals surface area (Å²) < 4.78 is 0. The van der Waals surface area contributed by atoms with E-state index < -0.39 is 0 Å². The molecule has 2 aromatic heterocycles. The summed E-state index contributed by atoms with van der Waals surface area (Å²) in [6.07, 6.45) is 4.87. The third kappa shape index (κ3) is 3.32. The molecule has 3 heterocycles. The van der Waals surface area contributed by atoms with Crippen LogP contribution in [-0.2, 0) is 19.5 Å². The molecule has 2 aromatic carbocycles. The summed E-state index contributed by atoms with van der Waals surface area (Å²) >= 11 is 0. The molecule has 1 N–H and O–H groups in total. The van der Waals surface area contributed by atoms with Crippen molar-refractivity contribution in [3.05, 3.63) is 89.9 Å². The number of aromatic nitrogens is 4. The molecule has 0 saturated carbocycles. The Morgan fingerprint density at radius 2 is 1.64 bits per heavy atom. The Morgan fingerprint density at radius 3 is 2.43 bits per heavy atom. The van der Waals surface area contributed by atoms with Crippen molar-refractivity contribution in [2.75, 3.05) is 6.54 Å². The summed E-state index contributed by atoms with van der Waals surface area (Å²) in [6.45, 7) is 2.71. The van der Waals surface area contributed by atoms with Gasteiger partial charge in [0.15, 0.2) is 5.82 Å². The molecule has 5 nitrogen and oxygen atoms in total. The van der Waals surface area contributed by atoms with Crippen molar-refractivity contribution in [1.29, 1.82) is 0 Å². The molecule has 0 unspecified atom stereocenters. The standard InChI is InChI=1S/C23H21N5/c1-3-7-17(8-4-1)22-20(14-25-27-22)16-28-12-11-21-19(15-28)13-24-23(26-21)18-9-5-2-6-10-18/h1-10,13-14H,11-12,15-16H2,(H,25,27). The van der Waals surface area contributed by atoms with Gasteiger partial charge < -0.3 is 0 Å². The van der Waals surface area contributed by atoms with E-state index in [-0.39, 0.29) is 0 Å². The van der Waals surface area contributed by atoms with E-state index in [9.17, 15) is 0 Å². The van der Waals surface area contributed by atoms with Crippen molar-refractivity contribution in [2.45, 2.75) is 19.5 Å². The largest absolute Gasteiger partial charge is 0.294 e. The fourth-order valence-electron chi connectivity index (χ4n) is 3.76. The fourth-order valence-corrected chi connectivity index (χ4v) is 3.76. The Bertz CT molecular complexity index is 1070. The minimum absolute atomic E-state index is 0.814. The lowest BCUT2D eigenvalue weighted by Gasteiger charge is -2.28. The Hall–Kier alpha value is -3.31. The number of H-pyrrole nitrogens is 1. The van der Waals surface area contributed by atoms with Crippen LogP contribution in [0.4, 0.5) is 0 Å². The lowest BCUT2D eigenvalue weighted by atomic mass is 10.0. The second-order valence-electron chi connectivity index (χ2n) is 7.13. The van der Waals surface area contributed by atoms with Gasteiger partial charge in [-0.2, -0.15) is 5.10 Å². The lowest BCUT2D eigenvalue weighted by molar-refractivity contribution is 0.243. The van der Waals surface area contributed by atoms with Gasteiger partial charge in [-0.15, -0.1) is 0 Å². The first-order valence-electron chi connectivity index (χ1n) is 9.57. The Morgan fingerprint density at radius 1 is 0.893 bits per heavy atom. The van der Waals surface area contributed by atoms with E-state index in [0.29, 0.717) is 0 Å². The SMILES string of the molecule is c1ccc(-c2ncc3c(n2)CCN(Cc2cn[nH]c2-c2ccccc2)C3)cc1. The minimum atomic E-state index is 0.814. The van der Waals surface area contributed by atoms with Gasteiger partial charge in [-0.3, -0.25) is 10.00 Å². The highest BCUT2D eigenvalue weighted by molar-refractivity contribution is 5.62. The van der Waals surface area contributed by atoms with E-state index in [1.807, 2.05) is 36.7 Å². The first-order chi connectivity index (χ1) is 13.9. The topological polar surface area (TPSA) is 57.7 Å². The van der Waals surface area contributed by atoms with E-state index >= 15 is 0 Å². The molecule has 0 fully saturated rings. The zero-order chi connectivity index (χ0) is 18.8. The molecule has 1 aliphatic heterocycles. The van der Waals surface area contributed by atoms with Gasteiger partial charge in [-0.1, -0.05) is 60.7 Å². The van der Waals surface area contributed by atoms with Crippen molar-refractivity contribution in [2.24, 2.45) is 0 Å². The van der Waals surface area contributed by atoms with Gasteiger partial charge in [-0.05, 0) is 5.56 Å². The maximum atomic E-state index is 4.82. The van der Waals surface area contributed by atoms with Crippen molar-refractivity contribution in [1.82, 2.24) is 25.1 Å². The van der Waals surface area contributed by atoms with Crippen LogP contribution < -0.4 is 0 Å². The molecule has 28 heavy (non-hydrogen) atoms. The molecular formula is C23H21N5.